The number of hydrogen-bond acceptors (Lipinski definition) is 2. The van der Waals surface area contributed by atoms with E-state index < -0.39 is 0 Å². The summed E-state index contributed by atoms with van der Waals surface area (Å²) in [5.74, 6) is 1.73. The van der Waals surface area contributed by atoms with Crippen LogP contribution in [-0.4, -0.2) is 6.61 Å². The fourth-order valence-corrected chi connectivity index (χ4v) is 1.46. The summed E-state index contributed by atoms with van der Waals surface area (Å²) in [6.07, 6.45) is 0. The van der Waals surface area contributed by atoms with Crippen molar-refractivity contribution in [2.75, 3.05) is 6.61 Å². The Morgan fingerprint density at radius 1 is 1.42 bits per heavy atom. The highest BCUT2D eigenvalue weighted by Gasteiger charge is 1.97. The van der Waals surface area contributed by atoms with Crippen LogP contribution in [0, 0.1) is 6.92 Å². The van der Waals surface area contributed by atoms with Crippen molar-refractivity contribution < 1.29 is 4.74 Å². The van der Waals surface area contributed by atoms with E-state index in [0.29, 0.717) is 0 Å². The van der Waals surface area contributed by atoms with E-state index in [1.54, 1.807) is 0 Å². The molecule has 0 amide bonds. The van der Waals surface area contributed by atoms with Gasteiger partial charge in [-0.3, -0.25) is 0 Å². The monoisotopic (exact) mass is 182 g/mol. The second kappa shape index (κ2) is 4.41. The highest BCUT2D eigenvalue weighted by Crippen LogP contribution is 2.18. The second-order valence-electron chi connectivity index (χ2n) is 2.68. The lowest BCUT2D eigenvalue weighted by atomic mass is 10.1. The van der Waals surface area contributed by atoms with E-state index in [2.05, 4.69) is 31.7 Å². The predicted octanol–water partition coefficient (Wildman–Crippen LogP) is 2.82. The van der Waals surface area contributed by atoms with E-state index in [1.807, 2.05) is 13.0 Å². The first kappa shape index (κ1) is 9.46. The Bertz CT molecular complexity index is 258. The normalized spacial score (nSPS) is 9.92. The zero-order chi connectivity index (χ0) is 8.97. The Kier molecular flexibility index (Phi) is 3.48. The Balaban J connectivity index is 2.86. The van der Waals surface area contributed by atoms with E-state index >= 15 is 0 Å². The highest BCUT2D eigenvalue weighted by molar-refractivity contribution is 7.79. The lowest BCUT2D eigenvalue weighted by molar-refractivity contribution is 0.340. The van der Waals surface area contributed by atoms with Gasteiger partial charge in [0.15, 0.2) is 0 Å². The highest BCUT2D eigenvalue weighted by atomic mass is 32.1. The van der Waals surface area contributed by atoms with Crippen molar-refractivity contribution in [2.24, 2.45) is 0 Å². The Morgan fingerprint density at radius 2 is 2.17 bits per heavy atom. The van der Waals surface area contributed by atoms with Gasteiger partial charge in [-0.2, -0.15) is 12.6 Å². The lowest BCUT2D eigenvalue weighted by Gasteiger charge is -2.06. The number of hydrogen-bond donors (Lipinski definition) is 1. The van der Waals surface area contributed by atoms with Gasteiger partial charge in [-0.25, -0.2) is 0 Å². The molecule has 2 heteroatoms. The van der Waals surface area contributed by atoms with E-state index in [-0.39, 0.29) is 0 Å². The van der Waals surface area contributed by atoms with Crippen LogP contribution in [0.3, 0.4) is 0 Å². The van der Waals surface area contributed by atoms with Gasteiger partial charge in [0.05, 0.1) is 6.61 Å². The van der Waals surface area contributed by atoms with Crippen molar-refractivity contribution in [3.8, 4) is 5.75 Å². The summed E-state index contributed by atoms with van der Waals surface area (Å²) in [7, 11) is 0. The van der Waals surface area contributed by atoms with Gasteiger partial charge in [0.2, 0.25) is 0 Å². The molecular formula is C10H14OS. The van der Waals surface area contributed by atoms with Crippen LogP contribution < -0.4 is 4.74 Å². The minimum Gasteiger partial charge on any atom is -0.494 e. The van der Waals surface area contributed by atoms with Crippen LogP contribution in [0.2, 0.25) is 0 Å². The van der Waals surface area contributed by atoms with Crippen LogP contribution in [-0.2, 0) is 5.75 Å². The molecule has 0 saturated carbocycles. The molecule has 1 aromatic carbocycles. The molecule has 0 radical (unpaired) electrons. The Morgan fingerprint density at radius 3 is 2.67 bits per heavy atom. The quantitative estimate of drug-likeness (QED) is 0.707. The summed E-state index contributed by atoms with van der Waals surface area (Å²) in [6, 6.07) is 6.10. The molecular weight excluding hydrogens is 168 g/mol. The zero-order valence-corrected chi connectivity index (χ0v) is 8.40. The van der Waals surface area contributed by atoms with Crippen molar-refractivity contribution in [3.63, 3.8) is 0 Å². The molecule has 12 heavy (non-hydrogen) atoms. The van der Waals surface area contributed by atoms with Gasteiger partial charge in [0, 0.05) is 5.75 Å². The number of ether oxygens (including phenoxy) is 1. The molecule has 0 unspecified atom stereocenters. The maximum absolute atomic E-state index is 5.36. The first-order valence-corrected chi connectivity index (χ1v) is 4.74. The molecule has 0 aliphatic heterocycles. The van der Waals surface area contributed by atoms with E-state index in [0.717, 1.165) is 18.1 Å². The number of benzene rings is 1. The topological polar surface area (TPSA) is 9.23 Å². The molecule has 1 rings (SSSR count). The number of rotatable bonds is 3. The van der Waals surface area contributed by atoms with E-state index in [4.69, 9.17) is 4.74 Å². The molecule has 0 fully saturated rings. The smallest absolute Gasteiger partial charge is 0.119 e. The first-order chi connectivity index (χ1) is 5.77. The second-order valence-corrected chi connectivity index (χ2v) is 3.00. The molecule has 0 N–H and O–H groups in total. The molecule has 0 bridgehead atoms. The van der Waals surface area contributed by atoms with Gasteiger partial charge in [-0.05, 0) is 37.1 Å². The molecule has 1 nitrogen and oxygen atoms in total. The third-order valence-corrected chi connectivity index (χ3v) is 2.14. The van der Waals surface area contributed by atoms with E-state index in [1.165, 1.54) is 11.1 Å². The molecule has 66 valence electrons. The standard InChI is InChI=1S/C10H14OS/c1-3-11-10-5-4-9(7-12)8(2)6-10/h4-6,12H,3,7H2,1-2H3. The molecule has 0 aliphatic rings. The first-order valence-electron chi connectivity index (χ1n) is 4.11. The molecule has 1 aromatic rings. The van der Waals surface area contributed by atoms with Crippen molar-refractivity contribution in [3.05, 3.63) is 29.3 Å². The molecule has 0 aliphatic carbocycles. The minimum absolute atomic E-state index is 0.722. The average Bonchev–Trinajstić information content (AvgIpc) is 2.05. The summed E-state index contributed by atoms with van der Waals surface area (Å²) >= 11 is 4.23. The van der Waals surface area contributed by atoms with Crippen molar-refractivity contribution in [1.29, 1.82) is 0 Å². The van der Waals surface area contributed by atoms with Crippen molar-refractivity contribution >= 4 is 12.6 Å². The van der Waals surface area contributed by atoms with Gasteiger partial charge in [0.25, 0.3) is 0 Å². The van der Waals surface area contributed by atoms with Gasteiger partial charge in [-0.1, -0.05) is 6.07 Å². The maximum Gasteiger partial charge on any atom is 0.119 e. The van der Waals surface area contributed by atoms with Crippen LogP contribution in [0.25, 0.3) is 0 Å². The van der Waals surface area contributed by atoms with Crippen molar-refractivity contribution in [2.45, 2.75) is 19.6 Å². The van der Waals surface area contributed by atoms with Gasteiger partial charge in [0.1, 0.15) is 5.75 Å². The largest absolute Gasteiger partial charge is 0.494 e. The summed E-state index contributed by atoms with van der Waals surface area (Å²) < 4.78 is 5.36. The predicted molar refractivity (Wildman–Crippen MR) is 55.0 cm³/mol. The third kappa shape index (κ3) is 2.18. The van der Waals surface area contributed by atoms with Crippen LogP contribution >= 0.6 is 12.6 Å². The fraction of sp³-hybridized carbons (Fsp3) is 0.400. The summed E-state index contributed by atoms with van der Waals surface area (Å²) in [5, 5.41) is 0. The summed E-state index contributed by atoms with van der Waals surface area (Å²) in [6.45, 7) is 4.79. The molecule has 0 saturated heterocycles. The third-order valence-electron chi connectivity index (χ3n) is 1.80. The lowest BCUT2D eigenvalue weighted by Crippen LogP contribution is -1.93. The molecule has 0 aromatic heterocycles. The SMILES string of the molecule is CCOc1ccc(CS)c(C)c1. The van der Waals surface area contributed by atoms with Crippen molar-refractivity contribution in [1.82, 2.24) is 0 Å². The summed E-state index contributed by atoms with van der Waals surface area (Å²) in [4.78, 5) is 0. The number of thiol groups is 1. The zero-order valence-electron chi connectivity index (χ0n) is 7.50. The van der Waals surface area contributed by atoms with Crippen LogP contribution in [0.15, 0.2) is 18.2 Å². The van der Waals surface area contributed by atoms with Gasteiger partial charge >= 0.3 is 0 Å². The maximum atomic E-state index is 5.36. The molecule has 0 heterocycles. The number of aryl methyl sites for hydroxylation is 1. The van der Waals surface area contributed by atoms with Crippen LogP contribution in [0.5, 0.6) is 5.75 Å². The average molecular weight is 182 g/mol. The van der Waals surface area contributed by atoms with E-state index in [9.17, 15) is 0 Å². The molecule has 0 spiro atoms. The fourth-order valence-electron chi connectivity index (χ4n) is 1.10. The minimum atomic E-state index is 0.722. The van der Waals surface area contributed by atoms with Crippen LogP contribution in [0.4, 0.5) is 0 Å². The van der Waals surface area contributed by atoms with Gasteiger partial charge in [-0.15, -0.1) is 0 Å². The molecule has 0 atom stereocenters. The van der Waals surface area contributed by atoms with Gasteiger partial charge < -0.3 is 4.74 Å². The Hall–Kier alpha value is -0.630. The Labute approximate surface area is 79.2 Å². The van der Waals surface area contributed by atoms with Crippen LogP contribution in [0.1, 0.15) is 18.1 Å². The summed E-state index contributed by atoms with van der Waals surface area (Å²) in [5.41, 5.74) is 2.51.